The molecule has 2 rings (SSSR count). The van der Waals surface area contributed by atoms with Gasteiger partial charge in [-0.2, -0.15) is 18.3 Å². The number of aliphatic hydroxyl groups excluding tert-OH is 1. The minimum absolute atomic E-state index is 0.00966. The standard InChI is InChI=1S/C14H19F3N4O3/c1-9-6-11(19-21(9)8-14(15,16)17)18-12(23)7-20-5-3-2-4-10(22)13(20)24/h6,10,22H,2-5,7-8H2,1H3,(H,18,19,23). The van der Waals surface area contributed by atoms with Gasteiger partial charge in [-0.05, 0) is 26.2 Å². The van der Waals surface area contributed by atoms with Crippen molar-refractivity contribution in [1.82, 2.24) is 14.7 Å². The molecule has 0 spiro atoms. The summed E-state index contributed by atoms with van der Waals surface area (Å²) in [6.45, 7) is 0.278. The Balaban J connectivity index is 1.97. The molecule has 0 aromatic carbocycles. The summed E-state index contributed by atoms with van der Waals surface area (Å²) in [6.07, 6.45) is -3.81. The van der Waals surface area contributed by atoms with Gasteiger partial charge in [-0.15, -0.1) is 0 Å². The summed E-state index contributed by atoms with van der Waals surface area (Å²) in [7, 11) is 0. The van der Waals surface area contributed by atoms with E-state index in [2.05, 4.69) is 10.4 Å². The van der Waals surface area contributed by atoms with Crippen LogP contribution in [-0.2, 0) is 16.1 Å². The van der Waals surface area contributed by atoms with E-state index in [-0.39, 0.29) is 18.1 Å². The lowest BCUT2D eigenvalue weighted by atomic mass is 10.2. The van der Waals surface area contributed by atoms with E-state index in [0.29, 0.717) is 25.8 Å². The van der Waals surface area contributed by atoms with E-state index in [1.54, 1.807) is 0 Å². The summed E-state index contributed by atoms with van der Waals surface area (Å²) in [5.41, 5.74) is 0.254. The maximum atomic E-state index is 12.4. The number of alkyl halides is 3. The Kier molecular flexibility index (Phi) is 5.47. The van der Waals surface area contributed by atoms with E-state index in [4.69, 9.17) is 0 Å². The molecule has 0 aliphatic carbocycles. The van der Waals surface area contributed by atoms with Gasteiger partial charge in [0.1, 0.15) is 12.6 Å². The minimum atomic E-state index is -4.41. The minimum Gasteiger partial charge on any atom is -0.383 e. The number of hydrogen-bond donors (Lipinski definition) is 2. The number of hydrogen-bond acceptors (Lipinski definition) is 4. The van der Waals surface area contributed by atoms with E-state index in [0.717, 1.165) is 4.68 Å². The fourth-order valence-electron chi connectivity index (χ4n) is 2.50. The molecule has 134 valence electrons. The number of aliphatic hydroxyl groups is 1. The molecule has 0 bridgehead atoms. The number of halogens is 3. The van der Waals surface area contributed by atoms with E-state index in [1.807, 2.05) is 0 Å². The third-order valence-corrected chi connectivity index (χ3v) is 3.66. The van der Waals surface area contributed by atoms with Crippen molar-refractivity contribution < 1.29 is 27.9 Å². The normalized spacial score (nSPS) is 19.3. The first kappa shape index (κ1) is 18.2. The lowest BCUT2D eigenvalue weighted by Gasteiger charge is -2.21. The Morgan fingerprint density at radius 1 is 1.46 bits per heavy atom. The van der Waals surface area contributed by atoms with Crippen molar-refractivity contribution in [2.24, 2.45) is 0 Å². The van der Waals surface area contributed by atoms with Crippen molar-refractivity contribution in [1.29, 1.82) is 0 Å². The third kappa shape index (κ3) is 4.95. The van der Waals surface area contributed by atoms with Gasteiger partial charge in [-0.3, -0.25) is 14.3 Å². The summed E-state index contributed by atoms with van der Waals surface area (Å²) in [5.74, 6) is -1.10. The van der Waals surface area contributed by atoms with Gasteiger partial charge in [0.25, 0.3) is 5.91 Å². The molecule has 1 atom stereocenters. The van der Waals surface area contributed by atoms with Crippen LogP contribution < -0.4 is 5.32 Å². The van der Waals surface area contributed by atoms with E-state index in [1.165, 1.54) is 17.9 Å². The topological polar surface area (TPSA) is 87.5 Å². The first-order valence-corrected chi connectivity index (χ1v) is 7.53. The lowest BCUT2D eigenvalue weighted by molar-refractivity contribution is -0.143. The molecule has 24 heavy (non-hydrogen) atoms. The number of aryl methyl sites for hydroxylation is 1. The average molecular weight is 348 g/mol. The second kappa shape index (κ2) is 7.20. The molecule has 2 N–H and O–H groups in total. The molecular weight excluding hydrogens is 329 g/mol. The molecule has 1 aromatic rings. The Hall–Kier alpha value is -2.10. The first-order valence-electron chi connectivity index (χ1n) is 7.53. The Morgan fingerprint density at radius 2 is 2.17 bits per heavy atom. The maximum Gasteiger partial charge on any atom is 0.408 e. The number of aromatic nitrogens is 2. The maximum absolute atomic E-state index is 12.4. The first-order chi connectivity index (χ1) is 11.2. The molecule has 1 aliphatic rings. The largest absolute Gasteiger partial charge is 0.408 e. The molecule has 1 fully saturated rings. The van der Waals surface area contributed by atoms with Crippen molar-refractivity contribution in [3.05, 3.63) is 11.8 Å². The van der Waals surface area contributed by atoms with Gasteiger partial charge in [0.05, 0.1) is 6.54 Å². The van der Waals surface area contributed by atoms with Gasteiger partial charge in [0, 0.05) is 18.3 Å². The summed E-state index contributed by atoms with van der Waals surface area (Å²) in [5, 5.41) is 15.7. The third-order valence-electron chi connectivity index (χ3n) is 3.66. The second-order valence-corrected chi connectivity index (χ2v) is 5.76. The predicted octanol–water partition coefficient (Wildman–Crippen LogP) is 1.07. The number of nitrogens with one attached hydrogen (secondary N) is 1. The fourth-order valence-corrected chi connectivity index (χ4v) is 2.50. The molecule has 7 nitrogen and oxygen atoms in total. The van der Waals surface area contributed by atoms with Crippen LogP contribution >= 0.6 is 0 Å². The Labute approximate surface area is 136 Å². The van der Waals surface area contributed by atoms with Gasteiger partial charge >= 0.3 is 6.18 Å². The number of rotatable bonds is 4. The van der Waals surface area contributed by atoms with Gasteiger partial charge < -0.3 is 15.3 Å². The van der Waals surface area contributed by atoms with Gasteiger partial charge in [0.2, 0.25) is 5.91 Å². The molecule has 1 saturated heterocycles. The smallest absolute Gasteiger partial charge is 0.383 e. The highest BCUT2D eigenvalue weighted by Gasteiger charge is 2.30. The number of likely N-dealkylation sites (tertiary alicyclic amines) is 1. The van der Waals surface area contributed by atoms with Gasteiger partial charge in [-0.1, -0.05) is 0 Å². The monoisotopic (exact) mass is 348 g/mol. The molecule has 10 heteroatoms. The van der Waals surface area contributed by atoms with Gasteiger partial charge in [0.15, 0.2) is 5.82 Å². The molecule has 1 aliphatic heterocycles. The second-order valence-electron chi connectivity index (χ2n) is 5.76. The molecule has 0 saturated carbocycles. The molecule has 2 heterocycles. The Morgan fingerprint density at radius 3 is 2.83 bits per heavy atom. The number of carbonyl (C=O) groups is 2. The summed E-state index contributed by atoms with van der Waals surface area (Å²) >= 11 is 0. The zero-order valence-corrected chi connectivity index (χ0v) is 13.1. The fraction of sp³-hybridized carbons (Fsp3) is 0.643. The highest BCUT2D eigenvalue weighted by molar-refractivity contribution is 5.94. The molecule has 1 unspecified atom stereocenters. The number of nitrogens with zero attached hydrogens (tertiary/aromatic N) is 3. The molecule has 1 aromatic heterocycles. The van der Waals surface area contributed by atoms with Crippen LogP contribution in [0.25, 0.3) is 0 Å². The molecule has 2 amide bonds. The highest BCUT2D eigenvalue weighted by atomic mass is 19.4. The number of carbonyl (C=O) groups excluding carboxylic acids is 2. The van der Waals surface area contributed by atoms with Crippen molar-refractivity contribution in [3.63, 3.8) is 0 Å². The molecule has 0 radical (unpaired) electrons. The van der Waals surface area contributed by atoms with Crippen molar-refractivity contribution in [3.8, 4) is 0 Å². The van der Waals surface area contributed by atoms with Crippen molar-refractivity contribution in [2.75, 3.05) is 18.4 Å². The van der Waals surface area contributed by atoms with Crippen LogP contribution in [-0.4, -0.2) is 57.0 Å². The zero-order chi connectivity index (χ0) is 17.9. The number of anilines is 1. The summed E-state index contributed by atoms with van der Waals surface area (Å²) < 4.78 is 38.0. The van der Waals surface area contributed by atoms with Crippen molar-refractivity contribution >= 4 is 17.6 Å². The SMILES string of the molecule is Cc1cc(NC(=O)CN2CCCCC(O)C2=O)nn1CC(F)(F)F. The average Bonchev–Trinajstić information content (AvgIpc) is 2.69. The van der Waals surface area contributed by atoms with Crippen LogP contribution in [0.4, 0.5) is 19.0 Å². The van der Waals surface area contributed by atoms with Crippen LogP contribution in [0.2, 0.25) is 0 Å². The van der Waals surface area contributed by atoms with E-state index >= 15 is 0 Å². The quantitative estimate of drug-likeness (QED) is 0.852. The number of amides is 2. The zero-order valence-electron chi connectivity index (χ0n) is 13.1. The van der Waals surface area contributed by atoms with Crippen molar-refractivity contribution in [2.45, 2.75) is 45.0 Å². The summed E-state index contributed by atoms with van der Waals surface area (Å²) in [4.78, 5) is 25.1. The van der Waals surface area contributed by atoms with E-state index < -0.39 is 30.6 Å². The van der Waals surface area contributed by atoms with Crippen LogP contribution in [0.5, 0.6) is 0 Å². The predicted molar refractivity (Wildman–Crippen MR) is 78.1 cm³/mol. The van der Waals surface area contributed by atoms with Crippen LogP contribution in [0, 0.1) is 6.92 Å². The van der Waals surface area contributed by atoms with Gasteiger partial charge in [-0.25, -0.2) is 0 Å². The van der Waals surface area contributed by atoms with Crippen LogP contribution in [0.1, 0.15) is 25.0 Å². The van der Waals surface area contributed by atoms with Crippen LogP contribution in [0.15, 0.2) is 6.07 Å². The summed E-state index contributed by atoms with van der Waals surface area (Å²) in [6, 6.07) is 1.32. The van der Waals surface area contributed by atoms with Crippen LogP contribution in [0.3, 0.4) is 0 Å². The molecular formula is C14H19F3N4O3. The highest BCUT2D eigenvalue weighted by Crippen LogP contribution is 2.19. The lowest BCUT2D eigenvalue weighted by Crippen LogP contribution is -2.42. The van der Waals surface area contributed by atoms with E-state index in [9.17, 15) is 27.9 Å². The Bertz CT molecular complexity index is 615.